The highest BCUT2D eigenvalue weighted by Crippen LogP contribution is 2.26. The minimum atomic E-state index is -0.0145. The van der Waals surface area contributed by atoms with E-state index in [-0.39, 0.29) is 5.91 Å². The lowest BCUT2D eigenvalue weighted by atomic mass is 10.2. The Bertz CT molecular complexity index is 441. The zero-order valence-corrected chi connectivity index (χ0v) is 13.3. The van der Waals surface area contributed by atoms with Crippen molar-refractivity contribution in [2.75, 3.05) is 33.4 Å². The second-order valence-electron chi connectivity index (χ2n) is 4.44. The Labute approximate surface area is 131 Å². The van der Waals surface area contributed by atoms with Crippen LogP contribution in [0.2, 0.25) is 5.02 Å². The van der Waals surface area contributed by atoms with Crippen molar-refractivity contribution in [3.8, 4) is 5.75 Å². The molecule has 0 saturated carbocycles. The first-order valence-corrected chi connectivity index (χ1v) is 7.43. The van der Waals surface area contributed by atoms with Crippen LogP contribution in [-0.2, 0) is 16.1 Å². The summed E-state index contributed by atoms with van der Waals surface area (Å²) in [5, 5.41) is 6.62. The first-order valence-electron chi connectivity index (χ1n) is 7.05. The lowest BCUT2D eigenvalue weighted by Gasteiger charge is -2.13. The molecular formula is C15H23ClN2O3. The van der Waals surface area contributed by atoms with E-state index in [1.807, 2.05) is 25.1 Å². The van der Waals surface area contributed by atoms with Gasteiger partial charge in [0.15, 0.2) is 0 Å². The van der Waals surface area contributed by atoms with Crippen molar-refractivity contribution >= 4 is 17.5 Å². The molecule has 0 spiro atoms. The largest absolute Gasteiger partial charge is 0.493 e. The summed E-state index contributed by atoms with van der Waals surface area (Å²) in [5.74, 6) is 0.691. The maximum Gasteiger partial charge on any atom is 0.223 e. The van der Waals surface area contributed by atoms with Crippen molar-refractivity contribution in [1.29, 1.82) is 0 Å². The van der Waals surface area contributed by atoms with Gasteiger partial charge >= 0.3 is 0 Å². The van der Waals surface area contributed by atoms with Gasteiger partial charge in [-0.05, 0) is 19.1 Å². The zero-order valence-electron chi connectivity index (χ0n) is 12.6. The molecule has 1 amide bonds. The van der Waals surface area contributed by atoms with Crippen molar-refractivity contribution in [2.24, 2.45) is 0 Å². The summed E-state index contributed by atoms with van der Waals surface area (Å²) in [7, 11) is 1.66. The molecular weight excluding hydrogens is 292 g/mol. The molecule has 6 heteroatoms. The standard InChI is InChI=1S/C15H23ClN2O3/c1-3-18-15(19)7-9-21-14-6-4-5-13(16)12(14)11-17-8-10-20-2/h4-6,17H,3,7-11H2,1-2H3,(H,18,19). The van der Waals surface area contributed by atoms with Crippen LogP contribution in [0.15, 0.2) is 18.2 Å². The second-order valence-corrected chi connectivity index (χ2v) is 4.85. The monoisotopic (exact) mass is 314 g/mol. The fourth-order valence-corrected chi connectivity index (χ4v) is 2.01. The lowest BCUT2D eigenvalue weighted by Crippen LogP contribution is -2.24. The first-order chi connectivity index (χ1) is 10.2. The van der Waals surface area contributed by atoms with Gasteiger partial charge in [-0.15, -0.1) is 0 Å². The van der Waals surface area contributed by atoms with Gasteiger partial charge in [-0.3, -0.25) is 4.79 Å². The molecule has 0 aromatic heterocycles. The Morgan fingerprint density at radius 3 is 2.86 bits per heavy atom. The number of benzene rings is 1. The number of methoxy groups -OCH3 is 1. The number of carbonyl (C=O) groups excluding carboxylic acids is 1. The van der Waals surface area contributed by atoms with Crippen molar-refractivity contribution < 1.29 is 14.3 Å². The van der Waals surface area contributed by atoms with Crippen molar-refractivity contribution in [3.63, 3.8) is 0 Å². The quantitative estimate of drug-likeness (QED) is 0.648. The van der Waals surface area contributed by atoms with Crippen LogP contribution in [0.3, 0.4) is 0 Å². The summed E-state index contributed by atoms with van der Waals surface area (Å²) in [5.41, 5.74) is 0.895. The van der Waals surface area contributed by atoms with Gasteiger partial charge in [0, 0.05) is 37.3 Å². The van der Waals surface area contributed by atoms with Crippen molar-refractivity contribution in [3.05, 3.63) is 28.8 Å². The zero-order chi connectivity index (χ0) is 15.5. The summed E-state index contributed by atoms with van der Waals surface area (Å²) in [4.78, 5) is 11.4. The summed E-state index contributed by atoms with van der Waals surface area (Å²) < 4.78 is 10.7. The average Bonchev–Trinajstić information content (AvgIpc) is 2.46. The maximum atomic E-state index is 11.4. The molecule has 21 heavy (non-hydrogen) atoms. The minimum absolute atomic E-state index is 0.0145. The molecule has 2 N–H and O–H groups in total. The van der Waals surface area contributed by atoms with E-state index >= 15 is 0 Å². The van der Waals surface area contributed by atoms with Gasteiger partial charge in [-0.1, -0.05) is 17.7 Å². The van der Waals surface area contributed by atoms with Crippen LogP contribution in [0.1, 0.15) is 18.9 Å². The number of hydrogen-bond donors (Lipinski definition) is 2. The van der Waals surface area contributed by atoms with Crippen LogP contribution in [0.25, 0.3) is 0 Å². The van der Waals surface area contributed by atoms with Crippen LogP contribution in [-0.4, -0.2) is 39.3 Å². The van der Waals surface area contributed by atoms with Crippen molar-refractivity contribution in [1.82, 2.24) is 10.6 Å². The molecule has 0 bridgehead atoms. The molecule has 0 unspecified atom stereocenters. The second kappa shape index (κ2) is 10.4. The number of hydrogen-bond acceptors (Lipinski definition) is 4. The average molecular weight is 315 g/mol. The van der Waals surface area contributed by atoms with E-state index < -0.39 is 0 Å². The van der Waals surface area contributed by atoms with Crippen LogP contribution in [0, 0.1) is 0 Å². The highest BCUT2D eigenvalue weighted by molar-refractivity contribution is 6.31. The van der Waals surface area contributed by atoms with Gasteiger partial charge in [-0.25, -0.2) is 0 Å². The fourth-order valence-electron chi connectivity index (χ4n) is 1.77. The summed E-state index contributed by atoms with van der Waals surface area (Å²) in [6.07, 6.45) is 0.330. The first kappa shape index (κ1) is 17.8. The molecule has 0 aliphatic carbocycles. The SMILES string of the molecule is CCNC(=O)CCOc1cccc(Cl)c1CNCCOC. The van der Waals surface area contributed by atoms with Crippen LogP contribution in [0.5, 0.6) is 5.75 Å². The van der Waals surface area contributed by atoms with Gasteiger partial charge in [0.2, 0.25) is 5.91 Å². The molecule has 0 aliphatic heterocycles. The van der Waals surface area contributed by atoms with E-state index in [1.165, 1.54) is 0 Å². The van der Waals surface area contributed by atoms with Crippen LogP contribution < -0.4 is 15.4 Å². The molecule has 118 valence electrons. The Morgan fingerprint density at radius 2 is 2.14 bits per heavy atom. The van der Waals surface area contributed by atoms with E-state index in [4.69, 9.17) is 21.1 Å². The predicted molar refractivity (Wildman–Crippen MR) is 83.8 cm³/mol. The molecule has 0 radical (unpaired) electrons. The highest BCUT2D eigenvalue weighted by atomic mass is 35.5. The number of carbonyl (C=O) groups is 1. The smallest absolute Gasteiger partial charge is 0.223 e. The Hall–Kier alpha value is -1.30. The molecule has 0 atom stereocenters. The van der Waals surface area contributed by atoms with E-state index in [0.29, 0.717) is 43.5 Å². The number of amides is 1. The lowest BCUT2D eigenvalue weighted by molar-refractivity contribution is -0.121. The highest BCUT2D eigenvalue weighted by Gasteiger charge is 2.09. The number of ether oxygens (including phenoxy) is 2. The molecule has 0 fully saturated rings. The predicted octanol–water partition coefficient (Wildman–Crippen LogP) is 1.98. The third-order valence-corrected chi connectivity index (χ3v) is 3.18. The van der Waals surface area contributed by atoms with Gasteiger partial charge in [0.1, 0.15) is 5.75 Å². The Balaban J connectivity index is 2.52. The molecule has 0 heterocycles. The van der Waals surface area contributed by atoms with E-state index in [1.54, 1.807) is 7.11 Å². The topological polar surface area (TPSA) is 59.6 Å². The summed E-state index contributed by atoms with van der Waals surface area (Å²) in [6.45, 7) is 4.82. The number of nitrogens with one attached hydrogen (secondary N) is 2. The van der Waals surface area contributed by atoms with E-state index in [0.717, 1.165) is 12.1 Å². The van der Waals surface area contributed by atoms with Crippen LogP contribution >= 0.6 is 11.6 Å². The van der Waals surface area contributed by atoms with Gasteiger partial charge in [-0.2, -0.15) is 0 Å². The molecule has 1 aromatic rings. The van der Waals surface area contributed by atoms with E-state index in [9.17, 15) is 4.79 Å². The number of rotatable bonds is 10. The molecule has 0 saturated heterocycles. The maximum absolute atomic E-state index is 11.4. The fraction of sp³-hybridized carbons (Fsp3) is 0.533. The molecule has 0 aliphatic rings. The Morgan fingerprint density at radius 1 is 1.33 bits per heavy atom. The molecule has 1 aromatic carbocycles. The van der Waals surface area contributed by atoms with Crippen LogP contribution in [0.4, 0.5) is 0 Å². The molecule has 1 rings (SSSR count). The number of halogens is 1. The van der Waals surface area contributed by atoms with Gasteiger partial charge < -0.3 is 20.1 Å². The van der Waals surface area contributed by atoms with E-state index in [2.05, 4.69) is 10.6 Å². The third-order valence-electron chi connectivity index (χ3n) is 2.82. The minimum Gasteiger partial charge on any atom is -0.493 e. The molecule has 5 nitrogen and oxygen atoms in total. The van der Waals surface area contributed by atoms with Gasteiger partial charge in [0.25, 0.3) is 0 Å². The Kier molecular flexibility index (Phi) is 8.82. The van der Waals surface area contributed by atoms with Crippen molar-refractivity contribution in [2.45, 2.75) is 19.9 Å². The summed E-state index contributed by atoms with van der Waals surface area (Å²) in [6, 6.07) is 5.52. The summed E-state index contributed by atoms with van der Waals surface area (Å²) >= 11 is 6.20. The third kappa shape index (κ3) is 6.80. The normalized spacial score (nSPS) is 10.4. The van der Waals surface area contributed by atoms with Gasteiger partial charge in [0.05, 0.1) is 19.6 Å².